The Morgan fingerprint density at radius 3 is 2.88 bits per heavy atom. The molecule has 1 aliphatic heterocycles. The van der Waals surface area contributed by atoms with Crippen LogP contribution in [0.5, 0.6) is 0 Å². The number of hydrogen-bond donors (Lipinski definition) is 0. The molecule has 0 bridgehead atoms. The molecule has 3 heteroatoms. The Kier molecular flexibility index (Phi) is 4.15. The van der Waals surface area contributed by atoms with Gasteiger partial charge in [0.05, 0.1) is 19.3 Å². The molecule has 17 heavy (non-hydrogen) atoms. The van der Waals surface area contributed by atoms with Crippen LogP contribution >= 0.6 is 0 Å². The van der Waals surface area contributed by atoms with Crippen molar-refractivity contribution in [2.24, 2.45) is 0 Å². The monoisotopic (exact) mass is 233 g/mol. The maximum Gasteiger partial charge on any atom is 0.222 e. The number of rotatable bonds is 3. The topological polar surface area (TPSA) is 29.5 Å². The van der Waals surface area contributed by atoms with Gasteiger partial charge in [-0.3, -0.25) is 4.79 Å². The number of carbonyl (C=O) groups is 1. The van der Waals surface area contributed by atoms with Crippen LogP contribution in [0.3, 0.4) is 0 Å². The third-order valence-electron chi connectivity index (χ3n) is 3.16. The van der Waals surface area contributed by atoms with Crippen molar-refractivity contribution < 1.29 is 9.53 Å². The fourth-order valence-electron chi connectivity index (χ4n) is 2.24. The second-order valence-corrected chi connectivity index (χ2v) is 4.36. The van der Waals surface area contributed by atoms with E-state index in [9.17, 15) is 4.79 Å². The van der Waals surface area contributed by atoms with Crippen molar-refractivity contribution in [3.8, 4) is 0 Å². The van der Waals surface area contributed by atoms with Crippen LogP contribution in [0.1, 0.15) is 18.9 Å². The summed E-state index contributed by atoms with van der Waals surface area (Å²) < 4.78 is 5.49. The SMILES string of the molecule is CCC(=O)N1CCOCC1Cc1ccccc1. The molecular formula is C14H19NO2. The summed E-state index contributed by atoms with van der Waals surface area (Å²) in [4.78, 5) is 13.8. The smallest absolute Gasteiger partial charge is 0.222 e. The molecule has 0 radical (unpaired) electrons. The van der Waals surface area contributed by atoms with Gasteiger partial charge < -0.3 is 9.64 Å². The van der Waals surface area contributed by atoms with Crippen molar-refractivity contribution in [2.75, 3.05) is 19.8 Å². The van der Waals surface area contributed by atoms with Crippen molar-refractivity contribution in [1.82, 2.24) is 4.90 Å². The minimum absolute atomic E-state index is 0.193. The van der Waals surface area contributed by atoms with E-state index < -0.39 is 0 Å². The predicted octanol–water partition coefficient (Wildman–Crippen LogP) is 1.87. The minimum Gasteiger partial charge on any atom is -0.377 e. The highest BCUT2D eigenvalue weighted by Gasteiger charge is 2.26. The lowest BCUT2D eigenvalue weighted by atomic mass is 10.0. The summed E-state index contributed by atoms with van der Waals surface area (Å²) in [5, 5.41) is 0. The largest absolute Gasteiger partial charge is 0.377 e. The predicted molar refractivity (Wildman–Crippen MR) is 66.8 cm³/mol. The van der Waals surface area contributed by atoms with Gasteiger partial charge in [0.1, 0.15) is 0 Å². The second kappa shape index (κ2) is 5.82. The van der Waals surface area contributed by atoms with Crippen LogP contribution in [-0.2, 0) is 16.0 Å². The van der Waals surface area contributed by atoms with E-state index in [2.05, 4.69) is 12.1 Å². The van der Waals surface area contributed by atoms with E-state index in [-0.39, 0.29) is 11.9 Å². The zero-order valence-electron chi connectivity index (χ0n) is 10.3. The zero-order chi connectivity index (χ0) is 12.1. The van der Waals surface area contributed by atoms with Gasteiger partial charge >= 0.3 is 0 Å². The molecule has 0 aromatic heterocycles. The molecule has 3 nitrogen and oxygen atoms in total. The van der Waals surface area contributed by atoms with E-state index in [1.54, 1.807) is 0 Å². The Bertz CT molecular complexity index is 364. The zero-order valence-corrected chi connectivity index (χ0v) is 10.3. The average molecular weight is 233 g/mol. The summed E-state index contributed by atoms with van der Waals surface area (Å²) in [6.07, 6.45) is 1.46. The molecule has 1 aromatic carbocycles. The number of amides is 1. The van der Waals surface area contributed by atoms with Crippen LogP contribution in [-0.4, -0.2) is 36.6 Å². The standard InChI is InChI=1S/C14H19NO2/c1-2-14(16)15-8-9-17-11-13(15)10-12-6-4-3-5-7-12/h3-7,13H,2,8-11H2,1H3. The summed E-state index contributed by atoms with van der Waals surface area (Å²) in [7, 11) is 0. The van der Waals surface area contributed by atoms with E-state index in [0.717, 1.165) is 13.0 Å². The van der Waals surface area contributed by atoms with Gasteiger partial charge in [-0.1, -0.05) is 37.3 Å². The van der Waals surface area contributed by atoms with Crippen LogP contribution in [0.25, 0.3) is 0 Å². The van der Waals surface area contributed by atoms with Crippen molar-refractivity contribution >= 4 is 5.91 Å². The molecule has 1 amide bonds. The van der Waals surface area contributed by atoms with E-state index in [0.29, 0.717) is 19.6 Å². The van der Waals surface area contributed by atoms with Gasteiger partial charge in [-0.25, -0.2) is 0 Å². The quantitative estimate of drug-likeness (QED) is 0.797. The lowest BCUT2D eigenvalue weighted by Crippen LogP contribution is -2.49. The molecule has 92 valence electrons. The molecule has 1 aromatic rings. The highest BCUT2D eigenvalue weighted by molar-refractivity contribution is 5.76. The minimum atomic E-state index is 0.193. The summed E-state index contributed by atoms with van der Waals surface area (Å²) in [6.45, 7) is 3.96. The Hall–Kier alpha value is -1.35. The number of morpholine rings is 1. The van der Waals surface area contributed by atoms with Crippen molar-refractivity contribution in [2.45, 2.75) is 25.8 Å². The van der Waals surface area contributed by atoms with Gasteiger partial charge in [0, 0.05) is 13.0 Å². The Morgan fingerprint density at radius 2 is 2.18 bits per heavy atom. The summed E-state index contributed by atoms with van der Waals surface area (Å²) in [5.74, 6) is 0.231. The lowest BCUT2D eigenvalue weighted by molar-refractivity contribution is -0.139. The first-order valence-corrected chi connectivity index (χ1v) is 6.22. The fraction of sp³-hybridized carbons (Fsp3) is 0.500. The number of nitrogens with zero attached hydrogens (tertiary/aromatic N) is 1. The molecule has 0 saturated carbocycles. The maximum absolute atomic E-state index is 11.8. The number of hydrogen-bond acceptors (Lipinski definition) is 2. The van der Waals surface area contributed by atoms with Crippen LogP contribution < -0.4 is 0 Å². The van der Waals surface area contributed by atoms with Gasteiger partial charge in [0.15, 0.2) is 0 Å². The molecule has 1 unspecified atom stereocenters. The molecule has 1 fully saturated rings. The third-order valence-corrected chi connectivity index (χ3v) is 3.16. The molecule has 0 N–H and O–H groups in total. The number of benzene rings is 1. The Balaban J connectivity index is 2.04. The first-order valence-electron chi connectivity index (χ1n) is 6.22. The number of ether oxygens (including phenoxy) is 1. The highest BCUT2D eigenvalue weighted by atomic mass is 16.5. The van der Waals surface area contributed by atoms with E-state index in [1.807, 2.05) is 30.0 Å². The van der Waals surface area contributed by atoms with Crippen LogP contribution in [0.15, 0.2) is 30.3 Å². The molecular weight excluding hydrogens is 214 g/mol. The van der Waals surface area contributed by atoms with Crippen LogP contribution in [0.2, 0.25) is 0 Å². The van der Waals surface area contributed by atoms with Gasteiger partial charge in [-0.2, -0.15) is 0 Å². The normalized spacial score (nSPS) is 20.3. The van der Waals surface area contributed by atoms with E-state index in [1.165, 1.54) is 5.56 Å². The summed E-state index contributed by atoms with van der Waals surface area (Å²) in [6, 6.07) is 10.5. The van der Waals surface area contributed by atoms with Gasteiger partial charge in [0.25, 0.3) is 0 Å². The first-order chi connectivity index (χ1) is 8.31. The van der Waals surface area contributed by atoms with Crippen molar-refractivity contribution in [3.63, 3.8) is 0 Å². The van der Waals surface area contributed by atoms with Gasteiger partial charge in [0.2, 0.25) is 5.91 Å². The van der Waals surface area contributed by atoms with Crippen molar-refractivity contribution in [3.05, 3.63) is 35.9 Å². The number of carbonyl (C=O) groups excluding carboxylic acids is 1. The van der Waals surface area contributed by atoms with Crippen molar-refractivity contribution in [1.29, 1.82) is 0 Å². The van der Waals surface area contributed by atoms with Gasteiger partial charge in [-0.15, -0.1) is 0 Å². The summed E-state index contributed by atoms with van der Waals surface area (Å²) >= 11 is 0. The molecule has 2 rings (SSSR count). The van der Waals surface area contributed by atoms with E-state index >= 15 is 0 Å². The van der Waals surface area contributed by atoms with E-state index in [4.69, 9.17) is 4.74 Å². The molecule has 0 aliphatic carbocycles. The lowest BCUT2D eigenvalue weighted by Gasteiger charge is -2.35. The maximum atomic E-state index is 11.8. The molecule has 0 spiro atoms. The molecule has 1 heterocycles. The first kappa shape index (κ1) is 12.1. The Morgan fingerprint density at radius 1 is 1.41 bits per heavy atom. The average Bonchev–Trinajstić information content (AvgIpc) is 2.40. The summed E-state index contributed by atoms with van der Waals surface area (Å²) in [5.41, 5.74) is 1.26. The van der Waals surface area contributed by atoms with Crippen LogP contribution in [0.4, 0.5) is 0 Å². The fourth-order valence-corrected chi connectivity index (χ4v) is 2.24. The molecule has 1 atom stereocenters. The highest BCUT2D eigenvalue weighted by Crippen LogP contribution is 2.14. The third kappa shape index (κ3) is 3.07. The molecule has 1 aliphatic rings. The second-order valence-electron chi connectivity index (χ2n) is 4.36. The Labute approximate surface area is 102 Å². The molecule has 1 saturated heterocycles. The van der Waals surface area contributed by atoms with Gasteiger partial charge in [-0.05, 0) is 12.0 Å². The van der Waals surface area contributed by atoms with Crippen LogP contribution in [0, 0.1) is 0 Å².